The van der Waals surface area contributed by atoms with Gasteiger partial charge in [-0.2, -0.15) is 4.98 Å². The molecule has 0 fully saturated rings. The molecule has 2 aromatic carbocycles. The van der Waals surface area contributed by atoms with Gasteiger partial charge >= 0.3 is 5.97 Å². The molecule has 3 aromatic rings. The first-order valence-corrected chi connectivity index (χ1v) is 9.06. The first kappa shape index (κ1) is 18.8. The summed E-state index contributed by atoms with van der Waals surface area (Å²) in [4.78, 5) is 17.1. The molecular formula is C19H18N2O5S. The SMILES string of the molecule is COc1ccc(-c2noc(COC(=O)CSc3ccccc3)n2)cc1OC. The third-order valence-corrected chi connectivity index (χ3v) is 4.55. The lowest BCUT2D eigenvalue weighted by Gasteiger charge is -2.07. The number of rotatable bonds is 8. The Morgan fingerprint density at radius 3 is 2.59 bits per heavy atom. The first-order valence-electron chi connectivity index (χ1n) is 8.08. The number of carbonyl (C=O) groups excluding carboxylic acids is 1. The molecule has 3 rings (SSSR count). The molecule has 8 heteroatoms. The van der Waals surface area contributed by atoms with Gasteiger partial charge in [-0.3, -0.25) is 4.79 Å². The predicted molar refractivity (Wildman–Crippen MR) is 99.8 cm³/mol. The second kappa shape index (κ2) is 9.09. The molecule has 7 nitrogen and oxygen atoms in total. The van der Waals surface area contributed by atoms with Crippen molar-refractivity contribution in [3.63, 3.8) is 0 Å². The van der Waals surface area contributed by atoms with Crippen LogP contribution in [0.1, 0.15) is 5.89 Å². The zero-order valence-corrected chi connectivity index (χ0v) is 15.7. The van der Waals surface area contributed by atoms with Gasteiger partial charge in [0, 0.05) is 10.5 Å². The molecule has 0 saturated carbocycles. The number of hydrogen-bond acceptors (Lipinski definition) is 8. The Morgan fingerprint density at radius 1 is 1.07 bits per heavy atom. The molecule has 0 radical (unpaired) electrons. The normalized spacial score (nSPS) is 10.4. The number of nitrogens with zero attached hydrogens (tertiary/aromatic N) is 2. The van der Waals surface area contributed by atoms with Crippen LogP contribution in [0, 0.1) is 0 Å². The van der Waals surface area contributed by atoms with Crippen molar-refractivity contribution in [1.82, 2.24) is 10.1 Å². The number of methoxy groups -OCH3 is 2. The zero-order chi connectivity index (χ0) is 19.1. The van der Waals surface area contributed by atoms with Gasteiger partial charge in [0.15, 0.2) is 18.1 Å². The van der Waals surface area contributed by atoms with E-state index in [9.17, 15) is 4.79 Å². The maximum absolute atomic E-state index is 11.9. The number of carbonyl (C=O) groups is 1. The van der Waals surface area contributed by atoms with Crippen LogP contribution in [-0.4, -0.2) is 36.1 Å². The minimum atomic E-state index is -0.352. The molecule has 27 heavy (non-hydrogen) atoms. The van der Waals surface area contributed by atoms with Crippen LogP contribution in [0.3, 0.4) is 0 Å². The fourth-order valence-electron chi connectivity index (χ4n) is 2.25. The lowest BCUT2D eigenvalue weighted by atomic mass is 10.2. The maximum atomic E-state index is 11.9. The summed E-state index contributed by atoms with van der Waals surface area (Å²) < 4.78 is 20.8. The van der Waals surface area contributed by atoms with Crippen molar-refractivity contribution in [2.24, 2.45) is 0 Å². The highest BCUT2D eigenvalue weighted by molar-refractivity contribution is 8.00. The van der Waals surface area contributed by atoms with Gasteiger partial charge in [-0.05, 0) is 30.3 Å². The minimum absolute atomic E-state index is 0.0749. The summed E-state index contributed by atoms with van der Waals surface area (Å²) in [7, 11) is 3.12. The summed E-state index contributed by atoms with van der Waals surface area (Å²) in [6.07, 6.45) is 0. The van der Waals surface area contributed by atoms with E-state index in [0.29, 0.717) is 22.9 Å². The van der Waals surface area contributed by atoms with E-state index in [-0.39, 0.29) is 24.2 Å². The third kappa shape index (κ3) is 5.01. The molecule has 0 unspecified atom stereocenters. The topological polar surface area (TPSA) is 83.7 Å². The second-order valence-corrected chi connectivity index (χ2v) is 6.39. The number of hydrogen-bond donors (Lipinski definition) is 0. The van der Waals surface area contributed by atoms with E-state index in [4.69, 9.17) is 18.7 Å². The summed E-state index contributed by atoms with van der Waals surface area (Å²) in [6.45, 7) is -0.0749. The largest absolute Gasteiger partial charge is 0.493 e. The van der Waals surface area contributed by atoms with E-state index in [2.05, 4.69) is 10.1 Å². The Labute approximate surface area is 160 Å². The van der Waals surface area contributed by atoms with E-state index in [1.165, 1.54) is 11.8 Å². The average Bonchev–Trinajstić information content (AvgIpc) is 3.20. The molecule has 0 atom stereocenters. The monoisotopic (exact) mass is 386 g/mol. The molecule has 140 valence electrons. The van der Waals surface area contributed by atoms with Crippen molar-refractivity contribution in [1.29, 1.82) is 0 Å². The zero-order valence-electron chi connectivity index (χ0n) is 14.9. The molecule has 0 bridgehead atoms. The molecule has 0 aliphatic carbocycles. The van der Waals surface area contributed by atoms with E-state index >= 15 is 0 Å². The van der Waals surface area contributed by atoms with Gasteiger partial charge in [0.25, 0.3) is 5.89 Å². The molecule has 0 amide bonds. The Balaban J connectivity index is 1.55. The van der Waals surface area contributed by atoms with Crippen LogP contribution in [0.5, 0.6) is 11.5 Å². The van der Waals surface area contributed by atoms with Crippen molar-refractivity contribution in [3.05, 3.63) is 54.4 Å². The van der Waals surface area contributed by atoms with Crippen LogP contribution in [0.15, 0.2) is 57.9 Å². The highest BCUT2D eigenvalue weighted by atomic mass is 32.2. The van der Waals surface area contributed by atoms with Gasteiger partial charge in [-0.25, -0.2) is 0 Å². The summed E-state index contributed by atoms with van der Waals surface area (Å²) in [6, 6.07) is 14.9. The molecular weight excluding hydrogens is 368 g/mol. The minimum Gasteiger partial charge on any atom is -0.493 e. The number of aromatic nitrogens is 2. The van der Waals surface area contributed by atoms with E-state index < -0.39 is 0 Å². The Bertz CT molecular complexity index is 898. The van der Waals surface area contributed by atoms with Crippen molar-refractivity contribution in [2.75, 3.05) is 20.0 Å². The molecule has 0 N–H and O–H groups in total. The predicted octanol–water partition coefficient (Wildman–Crippen LogP) is 3.59. The number of thioether (sulfide) groups is 1. The number of ether oxygens (including phenoxy) is 3. The highest BCUT2D eigenvalue weighted by Crippen LogP contribution is 2.31. The lowest BCUT2D eigenvalue weighted by Crippen LogP contribution is -2.07. The van der Waals surface area contributed by atoms with Gasteiger partial charge in [-0.1, -0.05) is 23.4 Å². The third-order valence-electron chi connectivity index (χ3n) is 3.57. The standard InChI is InChI=1S/C19H18N2O5S/c1-23-15-9-8-13(10-16(15)24-2)19-20-17(26-21-19)11-25-18(22)12-27-14-6-4-3-5-7-14/h3-10H,11-12H2,1-2H3. The maximum Gasteiger partial charge on any atom is 0.316 e. The van der Waals surface area contributed by atoms with Gasteiger partial charge in [0.1, 0.15) is 0 Å². The van der Waals surface area contributed by atoms with Gasteiger partial charge in [0.2, 0.25) is 5.82 Å². The van der Waals surface area contributed by atoms with E-state index in [1.54, 1.807) is 32.4 Å². The van der Waals surface area contributed by atoms with Gasteiger partial charge < -0.3 is 18.7 Å². The Morgan fingerprint density at radius 2 is 1.85 bits per heavy atom. The number of esters is 1. The van der Waals surface area contributed by atoms with Crippen LogP contribution in [0.4, 0.5) is 0 Å². The van der Waals surface area contributed by atoms with Crippen molar-refractivity contribution < 1.29 is 23.5 Å². The molecule has 1 aromatic heterocycles. The smallest absolute Gasteiger partial charge is 0.316 e. The van der Waals surface area contributed by atoms with Crippen LogP contribution in [-0.2, 0) is 16.1 Å². The van der Waals surface area contributed by atoms with E-state index in [1.807, 2.05) is 30.3 Å². The summed E-state index contributed by atoms with van der Waals surface area (Å²) in [5.41, 5.74) is 0.702. The molecule has 0 saturated heterocycles. The van der Waals surface area contributed by atoms with Crippen LogP contribution in [0.25, 0.3) is 11.4 Å². The summed E-state index contributed by atoms with van der Waals surface area (Å²) in [5.74, 6) is 1.62. The van der Waals surface area contributed by atoms with Crippen LogP contribution in [0.2, 0.25) is 0 Å². The van der Waals surface area contributed by atoms with E-state index in [0.717, 1.165) is 4.90 Å². The fourth-order valence-corrected chi connectivity index (χ4v) is 2.97. The molecule has 0 spiro atoms. The molecule has 0 aliphatic rings. The molecule has 1 heterocycles. The molecule has 0 aliphatic heterocycles. The summed E-state index contributed by atoms with van der Waals surface area (Å²) in [5, 5.41) is 3.91. The summed E-state index contributed by atoms with van der Waals surface area (Å²) >= 11 is 1.41. The van der Waals surface area contributed by atoms with Crippen molar-refractivity contribution in [2.45, 2.75) is 11.5 Å². The van der Waals surface area contributed by atoms with Crippen LogP contribution < -0.4 is 9.47 Å². The quantitative estimate of drug-likeness (QED) is 0.429. The van der Waals surface area contributed by atoms with Crippen LogP contribution >= 0.6 is 11.8 Å². The van der Waals surface area contributed by atoms with Crippen molar-refractivity contribution >= 4 is 17.7 Å². The first-order chi connectivity index (χ1) is 13.2. The average molecular weight is 386 g/mol. The Kier molecular flexibility index (Phi) is 6.32. The lowest BCUT2D eigenvalue weighted by molar-refractivity contribution is -0.142. The van der Waals surface area contributed by atoms with Crippen molar-refractivity contribution in [3.8, 4) is 22.9 Å². The fraction of sp³-hybridized carbons (Fsp3) is 0.211. The second-order valence-electron chi connectivity index (χ2n) is 5.34. The highest BCUT2D eigenvalue weighted by Gasteiger charge is 2.13. The van der Waals surface area contributed by atoms with Gasteiger partial charge in [-0.15, -0.1) is 11.8 Å². The van der Waals surface area contributed by atoms with Gasteiger partial charge in [0.05, 0.1) is 20.0 Å². The number of benzene rings is 2. The Hall–Kier alpha value is -3.00.